The highest BCUT2D eigenvalue weighted by molar-refractivity contribution is 7.97. The maximum absolute atomic E-state index is 13.9. The van der Waals surface area contributed by atoms with Crippen LogP contribution in [0, 0.1) is 81.4 Å². The van der Waals surface area contributed by atoms with Crippen molar-refractivity contribution >= 4 is 52.9 Å². The molecule has 626 valence electrons. The third kappa shape index (κ3) is 25.8. The van der Waals surface area contributed by atoms with E-state index in [1.807, 2.05) is 38.1 Å². The Bertz CT molecular complexity index is 5170. The molecular formula is C92H77F14O9S5+. The Morgan fingerprint density at radius 2 is 0.500 bits per heavy atom. The van der Waals surface area contributed by atoms with Gasteiger partial charge in [0.15, 0.2) is 73.1 Å². The van der Waals surface area contributed by atoms with Gasteiger partial charge in [-0.1, -0.05) is 107 Å². The first-order valence-corrected chi connectivity index (χ1v) is 43.5. The number of unbranched alkanes of at least 4 members (excludes halogenated alkanes) is 3. The van der Waals surface area contributed by atoms with Crippen LogP contribution in [-0.2, 0) is 52.9 Å². The largest absolute Gasteiger partial charge is 0.744 e. The summed E-state index contributed by atoms with van der Waals surface area (Å²) < 4.78 is 269. The summed E-state index contributed by atoms with van der Waals surface area (Å²) in [5.41, 5.74) is 2.16. The van der Waals surface area contributed by atoms with Crippen molar-refractivity contribution in [3.8, 4) is 23.0 Å². The first-order chi connectivity index (χ1) is 57.4. The average Bonchev–Trinajstić information content (AvgIpc) is 0.787. The van der Waals surface area contributed by atoms with Gasteiger partial charge >= 0.3 is 0 Å². The molecule has 28 heteroatoms. The molecule has 0 aliphatic rings. The van der Waals surface area contributed by atoms with Gasteiger partial charge in [-0.05, 0) is 268 Å². The SMILES string of the molecule is CCC(C)c1ccc(OCCCCCCOc2c(F)c(F)c(S(=O)(=O)[O-])c(F)c2F)cc1.CCC(C)c1ccc(Oc2c(F)c(F)c(S(=O)(=O)[O-])c(F)c2F)cc1.Fc1ccc([S+](c2ccc(F)cc2)c2ccc(F)cc2)cc1.Fc1ccc([S+](c2ccc(F)cc2)c2ccc(F)cc2)cc1.c1ccc([S+](c2ccccc2)c2ccccc2)cc1. The number of benzene rings is 13. The van der Waals surface area contributed by atoms with Crippen LogP contribution in [0.15, 0.2) is 339 Å². The van der Waals surface area contributed by atoms with E-state index in [1.165, 1.54) is 105 Å². The smallest absolute Gasteiger partial charge is 0.205 e. The van der Waals surface area contributed by atoms with E-state index in [-0.39, 0.29) is 64.1 Å². The Balaban J connectivity index is 0.000000172. The van der Waals surface area contributed by atoms with E-state index < -0.39 is 110 Å². The van der Waals surface area contributed by atoms with Gasteiger partial charge in [-0.15, -0.1) is 0 Å². The van der Waals surface area contributed by atoms with Crippen LogP contribution in [0.25, 0.3) is 0 Å². The Kier molecular flexibility index (Phi) is 34.5. The first kappa shape index (κ1) is 93.0. The summed E-state index contributed by atoms with van der Waals surface area (Å²) >= 11 is 0. The molecule has 0 bridgehead atoms. The van der Waals surface area contributed by atoms with Crippen molar-refractivity contribution in [2.75, 3.05) is 13.2 Å². The van der Waals surface area contributed by atoms with Gasteiger partial charge in [-0.2, -0.15) is 17.6 Å². The van der Waals surface area contributed by atoms with Crippen LogP contribution in [0.1, 0.15) is 89.2 Å². The summed E-state index contributed by atoms with van der Waals surface area (Å²) in [5, 5.41) is 0. The lowest BCUT2D eigenvalue weighted by molar-refractivity contribution is 0.255. The second-order valence-electron chi connectivity index (χ2n) is 26.3. The van der Waals surface area contributed by atoms with E-state index in [2.05, 4.69) is 105 Å². The molecular weight excluding hydrogens is 1680 g/mol. The highest BCUT2D eigenvalue weighted by Gasteiger charge is 2.35. The van der Waals surface area contributed by atoms with Crippen LogP contribution >= 0.6 is 0 Å². The monoisotopic (exact) mass is 1750 g/mol. The summed E-state index contributed by atoms with van der Waals surface area (Å²) in [4.78, 5) is 4.99. The molecule has 0 aliphatic heterocycles. The van der Waals surface area contributed by atoms with Crippen molar-refractivity contribution in [3.05, 3.63) is 378 Å². The molecule has 0 saturated heterocycles. The molecule has 13 aromatic rings. The Morgan fingerprint density at radius 1 is 0.275 bits per heavy atom. The third-order valence-electron chi connectivity index (χ3n) is 18.0. The predicted molar refractivity (Wildman–Crippen MR) is 433 cm³/mol. The van der Waals surface area contributed by atoms with Crippen molar-refractivity contribution in [2.24, 2.45) is 0 Å². The first-order valence-electron chi connectivity index (χ1n) is 37.1. The van der Waals surface area contributed by atoms with E-state index in [1.54, 1.807) is 84.9 Å². The van der Waals surface area contributed by atoms with Crippen LogP contribution in [0.3, 0.4) is 0 Å². The van der Waals surface area contributed by atoms with E-state index in [0.29, 0.717) is 25.4 Å². The summed E-state index contributed by atoms with van der Waals surface area (Å²) in [6.07, 6.45) is 4.26. The van der Waals surface area contributed by atoms with E-state index in [0.717, 1.165) is 66.4 Å². The molecule has 0 fully saturated rings. The van der Waals surface area contributed by atoms with Gasteiger partial charge in [0.1, 0.15) is 76.4 Å². The Labute approximate surface area is 695 Å². The number of hydrogen-bond donors (Lipinski definition) is 0. The minimum atomic E-state index is -5.75. The fourth-order valence-corrected chi connectivity index (χ4v) is 18.8. The van der Waals surface area contributed by atoms with Gasteiger partial charge in [0.05, 0.1) is 45.9 Å². The normalized spacial score (nSPS) is 11.7. The summed E-state index contributed by atoms with van der Waals surface area (Å²) in [7, 11) is -12.6. The number of ether oxygens (including phenoxy) is 3. The summed E-state index contributed by atoms with van der Waals surface area (Å²) in [5.74, 6) is -21.0. The molecule has 0 spiro atoms. The van der Waals surface area contributed by atoms with Gasteiger partial charge in [0.2, 0.25) is 29.0 Å². The van der Waals surface area contributed by atoms with Crippen molar-refractivity contribution < 1.29 is 102 Å². The molecule has 9 nitrogen and oxygen atoms in total. The third-order valence-corrected chi connectivity index (χ3v) is 26.4. The fourth-order valence-electron chi connectivity index (χ4n) is 11.4. The van der Waals surface area contributed by atoms with Gasteiger partial charge in [0, 0.05) is 0 Å². The number of hydrogen-bond acceptors (Lipinski definition) is 9. The van der Waals surface area contributed by atoms with Crippen LogP contribution in [0.2, 0.25) is 0 Å². The predicted octanol–water partition coefficient (Wildman–Crippen LogP) is 25.3. The maximum atomic E-state index is 13.9. The highest BCUT2D eigenvalue weighted by atomic mass is 32.2. The molecule has 0 aromatic heterocycles. The number of halogens is 14. The van der Waals surface area contributed by atoms with Gasteiger partial charge in [0.25, 0.3) is 0 Å². The van der Waals surface area contributed by atoms with E-state index in [9.17, 15) is 87.4 Å². The lowest BCUT2D eigenvalue weighted by atomic mass is 9.99. The summed E-state index contributed by atoms with van der Waals surface area (Å²) in [6, 6.07) is 83.1. The zero-order chi connectivity index (χ0) is 86.8. The minimum Gasteiger partial charge on any atom is -0.744 e. The van der Waals surface area contributed by atoms with Crippen LogP contribution in [0.4, 0.5) is 61.5 Å². The summed E-state index contributed by atoms with van der Waals surface area (Å²) in [6.45, 7) is 8.43. The van der Waals surface area contributed by atoms with Crippen molar-refractivity contribution in [1.82, 2.24) is 0 Å². The molecule has 13 aromatic carbocycles. The lowest BCUT2D eigenvalue weighted by Crippen LogP contribution is -2.13. The van der Waals surface area contributed by atoms with Crippen LogP contribution < -0.4 is 14.2 Å². The quantitative estimate of drug-likeness (QED) is 0.0170. The van der Waals surface area contributed by atoms with Crippen molar-refractivity contribution in [3.63, 3.8) is 0 Å². The average molecular weight is 1750 g/mol. The Morgan fingerprint density at radius 3 is 0.742 bits per heavy atom. The zero-order valence-corrected chi connectivity index (χ0v) is 68.5. The second-order valence-corrected chi connectivity index (χ2v) is 35.0. The molecule has 0 amide bonds. The second kappa shape index (κ2) is 44.4. The van der Waals surface area contributed by atoms with E-state index >= 15 is 0 Å². The standard InChI is InChI=1S/C22H26F4O5S.2C18H12F3S.C18H15S.C16H14F4O4S/c1-3-14(2)15-8-10-16(11-9-15)30-12-6-4-5-7-13-31-21-17(23)19(25)22(32(27,28)29)20(26)18(21)24;2*19-13-1-7-16(8-2-13)22(17-9-3-14(20)4-10-17)18-11-5-15(21)6-12-18;1-4-10-16(11-5-1)19(17-12-6-2-7-13-17)18-14-8-3-9-15-18;1-3-8(2)9-4-6-10(7-5-9)24-15-11(17)13(19)16(25(21,22)23)14(20)12(15)18/h8-11,14H,3-7,12-13H2,1-2H3,(H,27,28,29);2*1-12H;1-15H;4-8H,3H2,1-2H3,(H,21,22,23)/q;3*+1;/p-2. The van der Waals surface area contributed by atoms with Crippen molar-refractivity contribution in [1.29, 1.82) is 0 Å². The maximum Gasteiger partial charge on any atom is 0.205 e. The number of rotatable bonds is 26. The van der Waals surface area contributed by atoms with E-state index in [4.69, 9.17) is 14.2 Å². The molecule has 2 unspecified atom stereocenters. The topological polar surface area (TPSA) is 142 Å². The molecule has 0 saturated carbocycles. The molecule has 0 aliphatic carbocycles. The molecule has 0 heterocycles. The molecule has 2 atom stereocenters. The van der Waals surface area contributed by atoms with Crippen LogP contribution in [0.5, 0.6) is 23.0 Å². The zero-order valence-electron chi connectivity index (χ0n) is 64.5. The van der Waals surface area contributed by atoms with Gasteiger partial charge in [-0.25, -0.2) is 60.7 Å². The van der Waals surface area contributed by atoms with Crippen molar-refractivity contribution in [2.45, 2.75) is 132 Å². The minimum absolute atomic E-state index is 0.0146. The Hall–Kier alpha value is -10.9. The molecule has 13 rings (SSSR count). The molecule has 0 radical (unpaired) electrons. The molecule has 120 heavy (non-hydrogen) atoms. The van der Waals surface area contributed by atoms with Gasteiger partial charge in [-0.3, -0.25) is 0 Å². The van der Waals surface area contributed by atoms with Crippen LogP contribution in [-0.4, -0.2) is 39.2 Å². The highest BCUT2D eigenvalue weighted by Crippen LogP contribution is 2.39. The van der Waals surface area contributed by atoms with Gasteiger partial charge < -0.3 is 23.3 Å². The lowest BCUT2D eigenvalue weighted by Gasteiger charge is -2.15. The fraction of sp³-hybridized carbons (Fsp3) is 0.152. The molecule has 0 N–H and O–H groups in total.